The van der Waals surface area contributed by atoms with E-state index >= 15 is 0 Å². The van der Waals surface area contributed by atoms with Crippen LogP contribution in [0.5, 0.6) is 5.75 Å². The number of anilines is 2. The third-order valence-corrected chi connectivity index (χ3v) is 3.34. The Balaban J connectivity index is 2.23. The first-order valence-corrected chi connectivity index (χ1v) is 6.84. The number of thiophene rings is 1. The molecule has 0 unspecified atom stereocenters. The van der Waals surface area contributed by atoms with Gasteiger partial charge in [-0.05, 0) is 30.5 Å². The van der Waals surface area contributed by atoms with Gasteiger partial charge in [-0.1, -0.05) is 0 Å². The molecule has 0 aliphatic carbocycles. The second-order valence-electron chi connectivity index (χ2n) is 3.95. The minimum atomic E-state index is -0.322. The van der Waals surface area contributed by atoms with Crippen LogP contribution < -0.4 is 15.8 Å². The zero-order valence-electron chi connectivity index (χ0n) is 10.8. The standard InChI is InChI=1S/C14H13N3O2S/c1-2-19-12-6-10(5-11(16)7-12)13(18)17-14-9(8-15)3-4-20-14/h3-7H,2,16H2,1H3,(H,17,18). The molecule has 0 aliphatic heterocycles. The third kappa shape index (κ3) is 3.08. The Labute approximate surface area is 120 Å². The highest BCUT2D eigenvalue weighted by Gasteiger charge is 2.12. The van der Waals surface area contributed by atoms with Gasteiger partial charge in [0.1, 0.15) is 16.8 Å². The Bertz CT molecular complexity index is 673. The average molecular weight is 287 g/mol. The van der Waals surface area contributed by atoms with Crippen LogP contribution in [0.2, 0.25) is 0 Å². The van der Waals surface area contributed by atoms with Crippen molar-refractivity contribution >= 4 is 27.9 Å². The van der Waals surface area contributed by atoms with E-state index in [4.69, 9.17) is 15.7 Å². The van der Waals surface area contributed by atoms with Crippen molar-refractivity contribution in [1.82, 2.24) is 0 Å². The fraction of sp³-hybridized carbons (Fsp3) is 0.143. The minimum Gasteiger partial charge on any atom is -0.494 e. The number of nitrogens with zero attached hydrogens (tertiary/aromatic N) is 1. The van der Waals surface area contributed by atoms with Gasteiger partial charge in [-0.15, -0.1) is 11.3 Å². The molecule has 1 heterocycles. The topological polar surface area (TPSA) is 88.1 Å². The molecule has 2 aromatic rings. The van der Waals surface area contributed by atoms with E-state index in [1.165, 1.54) is 11.3 Å². The summed E-state index contributed by atoms with van der Waals surface area (Å²) in [4.78, 5) is 12.2. The maximum absolute atomic E-state index is 12.2. The summed E-state index contributed by atoms with van der Waals surface area (Å²) in [5.41, 5.74) is 7.03. The molecule has 5 nitrogen and oxygen atoms in total. The van der Waals surface area contributed by atoms with Gasteiger partial charge < -0.3 is 15.8 Å². The van der Waals surface area contributed by atoms with Gasteiger partial charge in [-0.3, -0.25) is 4.79 Å². The number of nitriles is 1. The van der Waals surface area contributed by atoms with Gasteiger partial charge >= 0.3 is 0 Å². The number of nitrogens with two attached hydrogens (primary N) is 1. The van der Waals surface area contributed by atoms with E-state index < -0.39 is 0 Å². The molecule has 0 spiro atoms. The predicted octanol–water partition coefficient (Wildman–Crippen LogP) is 2.85. The van der Waals surface area contributed by atoms with E-state index in [-0.39, 0.29) is 5.91 Å². The molecule has 102 valence electrons. The zero-order chi connectivity index (χ0) is 14.5. The molecule has 0 saturated heterocycles. The highest BCUT2D eigenvalue weighted by molar-refractivity contribution is 7.14. The minimum absolute atomic E-state index is 0.322. The summed E-state index contributed by atoms with van der Waals surface area (Å²) in [7, 11) is 0. The van der Waals surface area contributed by atoms with Crippen molar-refractivity contribution in [2.45, 2.75) is 6.92 Å². The molecule has 0 atom stereocenters. The number of hydrogen-bond acceptors (Lipinski definition) is 5. The molecule has 20 heavy (non-hydrogen) atoms. The van der Waals surface area contributed by atoms with Crippen LogP contribution in [-0.4, -0.2) is 12.5 Å². The number of ether oxygens (including phenoxy) is 1. The number of rotatable bonds is 4. The van der Waals surface area contributed by atoms with E-state index in [0.29, 0.717) is 34.2 Å². The summed E-state index contributed by atoms with van der Waals surface area (Å²) in [6.07, 6.45) is 0. The molecule has 3 N–H and O–H groups in total. The van der Waals surface area contributed by atoms with E-state index in [1.807, 2.05) is 13.0 Å². The van der Waals surface area contributed by atoms with Gasteiger partial charge in [0.15, 0.2) is 0 Å². The lowest BCUT2D eigenvalue weighted by Gasteiger charge is -2.08. The van der Waals surface area contributed by atoms with Crippen molar-refractivity contribution in [3.8, 4) is 11.8 Å². The lowest BCUT2D eigenvalue weighted by molar-refractivity contribution is 0.102. The molecule has 0 radical (unpaired) electrons. The highest BCUT2D eigenvalue weighted by Crippen LogP contribution is 2.24. The lowest BCUT2D eigenvalue weighted by atomic mass is 10.1. The lowest BCUT2D eigenvalue weighted by Crippen LogP contribution is -2.12. The molecule has 0 fully saturated rings. The SMILES string of the molecule is CCOc1cc(N)cc(C(=O)Nc2sccc2C#N)c1. The molecule has 0 bridgehead atoms. The number of nitrogens with one attached hydrogen (secondary N) is 1. The van der Waals surface area contributed by atoms with Crippen LogP contribution >= 0.6 is 11.3 Å². The van der Waals surface area contributed by atoms with Crippen molar-refractivity contribution in [3.05, 3.63) is 40.8 Å². The quantitative estimate of drug-likeness (QED) is 0.846. The molecular weight excluding hydrogens is 274 g/mol. The largest absolute Gasteiger partial charge is 0.494 e. The predicted molar refractivity (Wildman–Crippen MR) is 79.0 cm³/mol. The first-order valence-electron chi connectivity index (χ1n) is 5.96. The van der Waals surface area contributed by atoms with Crippen LogP contribution in [0.3, 0.4) is 0 Å². The van der Waals surface area contributed by atoms with E-state index in [0.717, 1.165) is 0 Å². The third-order valence-electron chi connectivity index (χ3n) is 2.51. The van der Waals surface area contributed by atoms with Crippen LogP contribution in [0.1, 0.15) is 22.8 Å². The zero-order valence-corrected chi connectivity index (χ0v) is 11.7. The second kappa shape index (κ2) is 6.08. The van der Waals surface area contributed by atoms with Crippen LogP contribution in [0.15, 0.2) is 29.6 Å². The van der Waals surface area contributed by atoms with Crippen molar-refractivity contribution in [2.75, 3.05) is 17.7 Å². The summed E-state index contributed by atoms with van der Waals surface area (Å²) in [5, 5.41) is 13.9. The van der Waals surface area contributed by atoms with Gasteiger partial charge in [0.25, 0.3) is 5.91 Å². The molecule has 1 amide bonds. The Hall–Kier alpha value is -2.52. The summed E-state index contributed by atoms with van der Waals surface area (Å²) in [6.45, 7) is 2.35. The van der Waals surface area contributed by atoms with E-state index in [1.54, 1.807) is 29.6 Å². The molecule has 0 saturated carbocycles. The van der Waals surface area contributed by atoms with Gasteiger partial charge in [0, 0.05) is 17.3 Å². The van der Waals surface area contributed by atoms with Crippen molar-refractivity contribution < 1.29 is 9.53 Å². The first kappa shape index (κ1) is 13.9. The Morgan fingerprint density at radius 2 is 2.30 bits per heavy atom. The number of carbonyl (C=O) groups is 1. The number of amides is 1. The fourth-order valence-electron chi connectivity index (χ4n) is 1.67. The normalized spacial score (nSPS) is 9.80. The first-order chi connectivity index (χ1) is 9.63. The van der Waals surface area contributed by atoms with Crippen molar-refractivity contribution in [3.63, 3.8) is 0 Å². The number of hydrogen-bond donors (Lipinski definition) is 2. The van der Waals surface area contributed by atoms with Crippen LogP contribution in [0.4, 0.5) is 10.7 Å². The smallest absolute Gasteiger partial charge is 0.256 e. The number of carbonyl (C=O) groups excluding carboxylic acids is 1. The molecule has 1 aromatic heterocycles. The van der Waals surface area contributed by atoms with E-state index in [2.05, 4.69) is 5.32 Å². The average Bonchev–Trinajstić information content (AvgIpc) is 2.85. The summed E-state index contributed by atoms with van der Waals surface area (Å²) >= 11 is 1.30. The van der Waals surface area contributed by atoms with E-state index in [9.17, 15) is 4.79 Å². The van der Waals surface area contributed by atoms with Crippen LogP contribution in [0, 0.1) is 11.3 Å². The Morgan fingerprint density at radius 1 is 1.50 bits per heavy atom. The molecular formula is C14H13N3O2S. The fourth-order valence-corrected chi connectivity index (χ4v) is 2.41. The summed E-state index contributed by atoms with van der Waals surface area (Å²) < 4.78 is 5.35. The maximum atomic E-state index is 12.2. The maximum Gasteiger partial charge on any atom is 0.256 e. The molecule has 6 heteroatoms. The Morgan fingerprint density at radius 3 is 3.00 bits per heavy atom. The van der Waals surface area contributed by atoms with Gasteiger partial charge in [-0.2, -0.15) is 5.26 Å². The van der Waals surface area contributed by atoms with Crippen LogP contribution in [0.25, 0.3) is 0 Å². The summed E-state index contributed by atoms with van der Waals surface area (Å²) in [5.74, 6) is 0.224. The molecule has 0 aliphatic rings. The van der Waals surface area contributed by atoms with Crippen LogP contribution in [-0.2, 0) is 0 Å². The number of benzene rings is 1. The summed E-state index contributed by atoms with van der Waals surface area (Å²) in [6, 6.07) is 8.53. The van der Waals surface area contributed by atoms with Gasteiger partial charge in [0.05, 0.1) is 12.2 Å². The second-order valence-corrected chi connectivity index (χ2v) is 4.87. The Kier molecular flexibility index (Phi) is 4.23. The monoisotopic (exact) mass is 287 g/mol. The van der Waals surface area contributed by atoms with Crippen molar-refractivity contribution in [2.24, 2.45) is 0 Å². The number of nitrogen functional groups attached to an aromatic ring is 1. The van der Waals surface area contributed by atoms with Gasteiger partial charge in [-0.25, -0.2) is 0 Å². The highest BCUT2D eigenvalue weighted by atomic mass is 32.1. The van der Waals surface area contributed by atoms with Gasteiger partial charge in [0.2, 0.25) is 0 Å². The molecule has 2 rings (SSSR count). The molecule has 1 aromatic carbocycles. The van der Waals surface area contributed by atoms with Crippen molar-refractivity contribution in [1.29, 1.82) is 5.26 Å².